The molecule has 6 nitrogen and oxygen atoms in total. The molecule has 0 saturated heterocycles. The van der Waals surface area contributed by atoms with Gasteiger partial charge >= 0.3 is 0 Å². The molecule has 148 valence electrons. The maximum atomic E-state index is 13.8. The largest absolute Gasteiger partial charge is 0.362 e. The van der Waals surface area contributed by atoms with Crippen molar-refractivity contribution in [2.75, 3.05) is 5.32 Å². The van der Waals surface area contributed by atoms with Gasteiger partial charge in [-0.3, -0.25) is 0 Å². The van der Waals surface area contributed by atoms with Crippen molar-refractivity contribution in [2.24, 2.45) is 0 Å². The highest BCUT2D eigenvalue weighted by atomic mass is 32.1. The third-order valence-electron chi connectivity index (χ3n) is 5.01. The molecule has 0 bridgehead atoms. The van der Waals surface area contributed by atoms with E-state index in [0.29, 0.717) is 17.0 Å². The number of rotatable bonds is 4. The second-order valence-corrected chi connectivity index (χ2v) is 7.45. The fourth-order valence-electron chi connectivity index (χ4n) is 3.53. The normalized spacial score (nSPS) is 12.4. The average molecular weight is 416 g/mol. The van der Waals surface area contributed by atoms with Gasteiger partial charge in [-0.1, -0.05) is 18.2 Å². The summed E-state index contributed by atoms with van der Waals surface area (Å²) in [7, 11) is 0. The molecule has 0 amide bonds. The van der Waals surface area contributed by atoms with E-state index in [2.05, 4.69) is 37.9 Å². The molecule has 0 radical (unpaired) electrons. The highest BCUT2D eigenvalue weighted by molar-refractivity contribution is 7.80. The van der Waals surface area contributed by atoms with Crippen molar-refractivity contribution < 1.29 is 4.39 Å². The Labute approximate surface area is 177 Å². The topological polar surface area (TPSA) is 79.4 Å². The van der Waals surface area contributed by atoms with E-state index < -0.39 is 0 Å². The molecule has 0 fully saturated rings. The number of nitrogens with zero attached hydrogens (tertiary/aromatic N) is 4. The molecule has 0 aliphatic heterocycles. The maximum absolute atomic E-state index is 13.8. The van der Waals surface area contributed by atoms with Gasteiger partial charge in [-0.15, -0.1) is 12.6 Å². The van der Waals surface area contributed by atoms with E-state index in [9.17, 15) is 4.39 Å². The van der Waals surface area contributed by atoms with Crippen molar-refractivity contribution in [3.63, 3.8) is 0 Å². The smallest absolute Gasteiger partial charge is 0.182 e. The number of hydrogen-bond donors (Lipinski definition) is 3. The number of benzene rings is 2. The van der Waals surface area contributed by atoms with E-state index in [0.717, 1.165) is 32.6 Å². The molecule has 30 heavy (non-hydrogen) atoms. The molecule has 0 saturated carbocycles. The quantitative estimate of drug-likeness (QED) is 0.352. The third-order valence-corrected chi connectivity index (χ3v) is 5.40. The molecule has 0 aliphatic carbocycles. The molecule has 3 aromatic heterocycles. The van der Waals surface area contributed by atoms with Crippen LogP contribution in [0.4, 0.5) is 10.2 Å². The summed E-state index contributed by atoms with van der Waals surface area (Å²) in [5.74, 6) is 0.330. The van der Waals surface area contributed by atoms with Gasteiger partial charge < -0.3 is 10.3 Å². The van der Waals surface area contributed by atoms with Crippen molar-refractivity contribution in [1.82, 2.24) is 24.9 Å². The summed E-state index contributed by atoms with van der Waals surface area (Å²) in [5, 5.41) is 4.29. The van der Waals surface area contributed by atoms with Crippen molar-refractivity contribution in [3.05, 3.63) is 72.6 Å². The summed E-state index contributed by atoms with van der Waals surface area (Å²) < 4.78 is 13.8. The summed E-state index contributed by atoms with van der Waals surface area (Å²) >= 11 is 4.61. The summed E-state index contributed by atoms with van der Waals surface area (Å²) in [6, 6.07) is 14.2. The molecule has 5 rings (SSSR count). The summed E-state index contributed by atoms with van der Waals surface area (Å²) in [6.45, 7) is 2.03. The molecule has 0 spiro atoms. The van der Waals surface area contributed by atoms with Crippen LogP contribution in [0.3, 0.4) is 0 Å². The number of pyridine rings is 1. The van der Waals surface area contributed by atoms with Crippen LogP contribution in [0.2, 0.25) is 0 Å². The zero-order valence-electron chi connectivity index (χ0n) is 16.0. The predicted octanol–water partition coefficient (Wildman–Crippen LogP) is 5.17. The van der Waals surface area contributed by atoms with Gasteiger partial charge in [-0.2, -0.15) is 0 Å². The number of aromatic nitrogens is 5. The number of hydrogen-bond acceptors (Lipinski definition) is 6. The molecule has 8 heteroatoms. The van der Waals surface area contributed by atoms with Gasteiger partial charge in [0.25, 0.3) is 0 Å². The van der Waals surface area contributed by atoms with Crippen molar-refractivity contribution in [2.45, 2.75) is 17.9 Å². The Morgan fingerprint density at radius 3 is 2.80 bits per heavy atom. The minimum Gasteiger partial charge on any atom is -0.362 e. The van der Waals surface area contributed by atoms with Crippen LogP contribution in [-0.2, 0) is 0 Å². The zero-order valence-corrected chi connectivity index (χ0v) is 16.9. The Morgan fingerprint density at radius 2 is 1.93 bits per heavy atom. The lowest BCUT2D eigenvalue weighted by Crippen LogP contribution is -2.11. The maximum Gasteiger partial charge on any atom is 0.182 e. The first-order valence-electron chi connectivity index (χ1n) is 9.39. The minimum absolute atomic E-state index is 0.156. The Morgan fingerprint density at radius 1 is 1.07 bits per heavy atom. The van der Waals surface area contributed by atoms with E-state index in [1.807, 2.05) is 37.3 Å². The first-order valence-corrected chi connectivity index (χ1v) is 9.84. The third kappa shape index (κ3) is 3.25. The average Bonchev–Trinajstić information content (AvgIpc) is 3.23. The Balaban J connectivity index is 1.66. The number of imidazole rings is 1. The van der Waals surface area contributed by atoms with Crippen LogP contribution < -0.4 is 5.32 Å². The van der Waals surface area contributed by atoms with Gasteiger partial charge in [0.15, 0.2) is 11.5 Å². The minimum atomic E-state index is -0.318. The number of anilines is 1. The van der Waals surface area contributed by atoms with E-state index in [-0.39, 0.29) is 11.9 Å². The molecule has 5 aromatic rings. The number of aromatic amines is 1. The zero-order chi connectivity index (χ0) is 20.7. The van der Waals surface area contributed by atoms with Gasteiger partial charge in [0.05, 0.1) is 23.6 Å². The van der Waals surface area contributed by atoms with Gasteiger partial charge in [0, 0.05) is 27.5 Å². The number of thiol groups is 1. The highest BCUT2D eigenvalue weighted by Gasteiger charge is 2.18. The second-order valence-electron chi connectivity index (χ2n) is 6.97. The van der Waals surface area contributed by atoms with Gasteiger partial charge in [-0.25, -0.2) is 24.3 Å². The van der Waals surface area contributed by atoms with Crippen LogP contribution in [-0.4, -0.2) is 24.9 Å². The van der Waals surface area contributed by atoms with E-state index in [4.69, 9.17) is 4.98 Å². The molecule has 0 unspecified atom stereocenters. The Hall–Kier alpha value is -3.52. The molecule has 1 atom stereocenters. The van der Waals surface area contributed by atoms with Crippen LogP contribution in [0.5, 0.6) is 0 Å². The first-order chi connectivity index (χ1) is 14.6. The fourth-order valence-corrected chi connectivity index (χ4v) is 3.80. The number of halogens is 1. The van der Waals surface area contributed by atoms with Crippen LogP contribution in [0.25, 0.3) is 33.3 Å². The van der Waals surface area contributed by atoms with E-state index in [1.54, 1.807) is 12.4 Å². The summed E-state index contributed by atoms with van der Waals surface area (Å²) in [4.78, 5) is 21.4. The summed E-state index contributed by atoms with van der Waals surface area (Å²) in [5.41, 5.74) is 4.49. The molecular formula is C22H17FN6S. The predicted molar refractivity (Wildman–Crippen MR) is 118 cm³/mol. The van der Waals surface area contributed by atoms with Gasteiger partial charge in [0.1, 0.15) is 17.7 Å². The van der Waals surface area contributed by atoms with Crippen LogP contribution in [0, 0.1) is 5.82 Å². The molecular weight excluding hydrogens is 399 g/mol. The number of H-pyrrole nitrogens is 1. The van der Waals surface area contributed by atoms with Crippen LogP contribution in [0.1, 0.15) is 18.5 Å². The lowest BCUT2D eigenvalue weighted by molar-refractivity contribution is 0.629. The monoisotopic (exact) mass is 416 g/mol. The standard InChI is InChI=1S/C22H17FN6S/c1-12(28-22-20-21(25-10-24-20)26-11-27-22)16-8-13-6-7-14(23)9-17(13)29-19(16)15-4-2-3-5-18(15)30/h2-12,30H,1H3,(H2,24,25,26,27,28)/t12-/m0/s1. The Bertz CT molecular complexity index is 1380. The molecule has 0 aliphatic rings. The molecule has 2 N–H and O–H groups in total. The molecule has 3 heterocycles. The lowest BCUT2D eigenvalue weighted by Gasteiger charge is -2.20. The van der Waals surface area contributed by atoms with Crippen molar-refractivity contribution in [3.8, 4) is 11.3 Å². The number of nitrogens with one attached hydrogen (secondary N) is 2. The van der Waals surface area contributed by atoms with Crippen LogP contribution >= 0.6 is 12.6 Å². The van der Waals surface area contributed by atoms with Crippen molar-refractivity contribution >= 4 is 40.5 Å². The fraction of sp³-hybridized carbons (Fsp3) is 0.0909. The van der Waals surface area contributed by atoms with Crippen LogP contribution in [0.15, 0.2) is 66.1 Å². The Kier molecular flexibility index (Phi) is 4.55. The summed E-state index contributed by atoms with van der Waals surface area (Å²) in [6.07, 6.45) is 3.06. The second kappa shape index (κ2) is 7.38. The van der Waals surface area contributed by atoms with E-state index >= 15 is 0 Å². The van der Waals surface area contributed by atoms with Gasteiger partial charge in [0.2, 0.25) is 0 Å². The number of fused-ring (bicyclic) bond motifs is 2. The van der Waals surface area contributed by atoms with E-state index in [1.165, 1.54) is 18.5 Å². The molecule has 2 aromatic carbocycles. The first kappa shape index (κ1) is 18.5. The SMILES string of the molecule is C[C@H](Nc1ncnc2nc[nH]c12)c1cc2ccc(F)cc2nc1-c1ccccc1S. The van der Waals surface area contributed by atoms with Crippen molar-refractivity contribution in [1.29, 1.82) is 0 Å². The highest BCUT2D eigenvalue weighted by Crippen LogP contribution is 2.35. The van der Waals surface area contributed by atoms with Gasteiger partial charge in [-0.05, 0) is 31.2 Å². The lowest BCUT2D eigenvalue weighted by atomic mass is 9.98.